The Morgan fingerprint density at radius 2 is 2.11 bits per heavy atom. The molecule has 0 bridgehead atoms. The predicted octanol–water partition coefficient (Wildman–Crippen LogP) is 2.67. The van der Waals surface area contributed by atoms with E-state index in [2.05, 4.69) is 4.98 Å². The lowest BCUT2D eigenvalue weighted by Crippen LogP contribution is -2.07. The predicted molar refractivity (Wildman–Crippen MR) is 64.5 cm³/mol. The zero-order valence-corrected chi connectivity index (χ0v) is 10.3. The highest BCUT2D eigenvalue weighted by Crippen LogP contribution is 2.19. The fraction of sp³-hybridized carbons (Fsp3) is 0.167. The van der Waals surface area contributed by atoms with Crippen LogP contribution in [0, 0.1) is 11.6 Å². The fourth-order valence-corrected chi connectivity index (χ4v) is 2.14. The molecule has 1 heterocycles. The van der Waals surface area contributed by atoms with Gasteiger partial charge in [0.15, 0.2) is 11.6 Å². The maximum Gasteiger partial charge on any atom is 0.212 e. The van der Waals surface area contributed by atoms with Gasteiger partial charge in [-0.2, -0.15) is 0 Å². The van der Waals surface area contributed by atoms with E-state index in [0.29, 0.717) is 5.01 Å². The topological polar surface area (TPSA) is 56.0 Å². The summed E-state index contributed by atoms with van der Waals surface area (Å²) >= 11 is 1.26. The first kappa shape index (κ1) is 12.8. The second kappa shape index (κ2) is 4.91. The van der Waals surface area contributed by atoms with Gasteiger partial charge in [-0.1, -0.05) is 0 Å². The van der Waals surface area contributed by atoms with Crippen molar-refractivity contribution in [1.29, 1.82) is 0 Å². The van der Waals surface area contributed by atoms with Crippen LogP contribution in [0.25, 0.3) is 0 Å². The van der Waals surface area contributed by atoms with Gasteiger partial charge in [0, 0.05) is 10.9 Å². The Balaban J connectivity index is 2.32. The van der Waals surface area contributed by atoms with Crippen LogP contribution >= 0.6 is 11.3 Å². The highest BCUT2D eigenvalue weighted by molar-refractivity contribution is 7.09. The molecule has 0 saturated carbocycles. The van der Waals surface area contributed by atoms with E-state index in [1.165, 1.54) is 17.4 Å². The Bertz CT molecular complexity index is 596. The Labute approximate surface area is 106 Å². The summed E-state index contributed by atoms with van der Waals surface area (Å²) in [6.07, 6.45) is 0. The summed E-state index contributed by atoms with van der Waals surface area (Å²) < 4.78 is 25.8. The average Bonchev–Trinajstić information content (AvgIpc) is 2.81. The number of nitrogens with two attached hydrogens (primary N) is 1. The molecule has 2 N–H and O–H groups in total. The molecule has 0 fully saturated rings. The minimum Gasteiger partial charge on any atom is -0.322 e. The number of halogens is 2. The van der Waals surface area contributed by atoms with Gasteiger partial charge in [-0.25, -0.2) is 13.8 Å². The minimum absolute atomic E-state index is 0.0652. The normalized spacial score (nSPS) is 12.4. The summed E-state index contributed by atoms with van der Waals surface area (Å²) in [6.45, 7) is 1.75. The Morgan fingerprint density at radius 1 is 1.39 bits per heavy atom. The molecule has 2 aromatic rings. The van der Waals surface area contributed by atoms with Crippen molar-refractivity contribution >= 4 is 17.1 Å². The summed E-state index contributed by atoms with van der Waals surface area (Å²) in [6, 6.07) is 2.75. The molecule has 1 unspecified atom stereocenters. The molecule has 0 aliphatic heterocycles. The van der Waals surface area contributed by atoms with Crippen molar-refractivity contribution in [3.05, 3.63) is 51.5 Å². The molecule has 0 saturated heterocycles. The van der Waals surface area contributed by atoms with Gasteiger partial charge in [-0.3, -0.25) is 4.79 Å². The molecular weight excluding hydrogens is 258 g/mol. The van der Waals surface area contributed by atoms with E-state index >= 15 is 0 Å². The van der Waals surface area contributed by atoms with Crippen LogP contribution in [0.4, 0.5) is 8.78 Å². The van der Waals surface area contributed by atoms with Gasteiger partial charge in [0.05, 0.1) is 6.04 Å². The molecule has 94 valence electrons. The highest BCUT2D eigenvalue weighted by atomic mass is 32.1. The second-order valence-electron chi connectivity index (χ2n) is 3.82. The van der Waals surface area contributed by atoms with Gasteiger partial charge in [0.25, 0.3) is 0 Å². The first-order valence-corrected chi connectivity index (χ1v) is 6.07. The van der Waals surface area contributed by atoms with Crippen LogP contribution in [0.2, 0.25) is 0 Å². The number of rotatable bonds is 3. The first-order chi connectivity index (χ1) is 8.49. The zero-order valence-electron chi connectivity index (χ0n) is 9.48. The second-order valence-corrected chi connectivity index (χ2v) is 4.71. The van der Waals surface area contributed by atoms with Gasteiger partial charge < -0.3 is 5.73 Å². The van der Waals surface area contributed by atoms with Crippen molar-refractivity contribution in [3.8, 4) is 0 Å². The molecule has 0 spiro atoms. The molecule has 0 aliphatic rings. The lowest BCUT2D eigenvalue weighted by Gasteiger charge is -1.99. The Hall–Kier alpha value is -1.66. The van der Waals surface area contributed by atoms with E-state index in [-0.39, 0.29) is 17.3 Å². The smallest absolute Gasteiger partial charge is 0.212 e. The van der Waals surface area contributed by atoms with Crippen molar-refractivity contribution in [3.63, 3.8) is 0 Å². The largest absolute Gasteiger partial charge is 0.322 e. The van der Waals surface area contributed by atoms with E-state index in [9.17, 15) is 13.6 Å². The molecule has 0 amide bonds. The van der Waals surface area contributed by atoms with Crippen LogP contribution in [0.3, 0.4) is 0 Å². The minimum atomic E-state index is -1.05. The molecule has 1 aromatic heterocycles. The third-order valence-electron chi connectivity index (χ3n) is 2.33. The maximum absolute atomic E-state index is 13.0. The van der Waals surface area contributed by atoms with Crippen LogP contribution in [-0.4, -0.2) is 10.8 Å². The van der Waals surface area contributed by atoms with E-state index in [4.69, 9.17) is 5.73 Å². The number of nitrogens with zero attached hydrogens (tertiary/aromatic N) is 1. The fourth-order valence-electron chi connectivity index (χ4n) is 1.39. The number of carbonyl (C=O) groups excluding carboxylic acids is 1. The van der Waals surface area contributed by atoms with Gasteiger partial charge in [0.2, 0.25) is 5.78 Å². The molecule has 0 aliphatic carbocycles. The first-order valence-electron chi connectivity index (χ1n) is 5.20. The molecular formula is C12H10F2N2OS. The van der Waals surface area contributed by atoms with Crippen molar-refractivity contribution in [2.45, 2.75) is 13.0 Å². The van der Waals surface area contributed by atoms with Crippen LogP contribution in [-0.2, 0) is 0 Å². The van der Waals surface area contributed by atoms with Crippen molar-refractivity contribution in [2.24, 2.45) is 5.73 Å². The number of thiazole rings is 1. The summed E-state index contributed by atoms with van der Waals surface area (Å²) in [5.74, 6) is -2.48. The monoisotopic (exact) mass is 268 g/mol. The van der Waals surface area contributed by atoms with Crippen LogP contribution in [0.5, 0.6) is 0 Å². The molecule has 2 rings (SSSR count). The third-order valence-corrected chi connectivity index (χ3v) is 3.37. The molecule has 3 nitrogen and oxygen atoms in total. The number of benzene rings is 1. The van der Waals surface area contributed by atoms with Crippen LogP contribution in [0.15, 0.2) is 23.6 Å². The van der Waals surface area contributed by atoms with E-state index in [1.54, 1.807) is 12.3 Å². The Morgan fingerprint density at radius 3 is 2.67 bits per heavy atom. The van der Waals surface area contributed by atoms with E-state index in [1.807, 2.05) is 0 Å². The van der Waals surface area contributed by atoms with Crippen LogP contribution < -0.4 is 5.73 Å². The van der Waals surface area contributed by atoms with E-state index in [0.717, 1.165) is 12.1 Å². The summed E-state index contributed by atoms with van der Waals surface area (Å²) in [4.78, 5) is 16.0. The summed E-state index contributed by atoms with van der Waals surface area (Å²) in [5, 5.41) is 2.18. The Kier molecular flexibility index (Phi) is 3.49. The van der Waals surface area contributed by atoms with Crippen molar-refractivity contribution in [2.75, 3.05) is 0 Å². The molecule has 18 heavy (non-hydrogen) atoms. The quantitative estimate of drug-likeness (QED) is 0.871. The molecule has 6 heteroatoms. The van der Waals surface area contributed by atoms with Gasteiger partial charge in [-0.05, 0) is 25.1 Å². The number of ketones is 1. The SMILES string of the molecule is CC(N)c1nc(C(=O)c2ccc(F)c(F)c2)cs1. The van der Waals surface area contributed by atoms with Gasteiger partial charge in [0.1, 0.15) is 10.7 Å². The van der Waals surface area contributed by atoms with Gasteiger partial charge in [-0.15, -0.1) is 11.3 Å². The summed E-state index contributed by atoms with van der Waals surface area (Å²) in [5.41, 5.74) is 5.89. The number of aromatic nitrogens is 1. The molecule has 1 aromatic carbocycles. The zero-order chi connectivity index (χ0) is 13.3. The van der Waals surface area contributed by atoms with Crippen molar-refractivity contribution < 1.29 is 13.6 Å². The molecule has 0 radical (unpaired) electrons. The number of hydrogen-bond acceptors (Lipinski definition) is 4. The lowest BCUT2D eigenvalue weighted by atomic mass is 10.1. The lowest BCUT2D eigenvalue weighted by molar-refractivity contribution is 0.103. The maximum atomic E-state index is 13.0. The standard InChI is InChI=1S/C12H10F2N2OS/c1-6(15)12-16-10(5-18-12)11(17)7-2-3-8(13)9(14)4-7/h2-6H,15H2,1H3. The van der Waals surface area contributed by atoms with Crippen molar-refractivity contribution in [1.82, 2.24) is 4.98 Å². The molecule has 1 atom stereocenters. The van der Waals surface area contributed by atoms with Crippen LogP contribution in [0.1, 0.15) is 34.0 Å². The number of hydrogen-bond donors (Lipinski definition) is 1. The van der Waals surface area contributed by atoms with Gasteiger partial charge >= 0.3 is 0 Å². The average molecular weight is 268 g/mol. The third kappa shape index (κ3) is 2.44. The van der Waals surface area contributed by atoms with E-state index < -0.39 is 17.4 Å². The highest BCUT2D eigenvalue weighted by Gasteiger charge is 2.16. The number of carbonyl (C=O) groups is 1. The summed E-state index contributed by atoms with van der Waals surface area (Å²) in [7, 11) is 0.